The Bertz CT molecular complexity index is 566. The SMILES string of the molecule is COc1csc(C(O)c2ccc(C)c(F)c2F)c1. The van der Waals surface area contributed by atoms with Crippen LogP contribution in [0.5, 0.6) is 5.75 Å². The first-order valence-electron chi connectivity index (χ1n) is 5.29. The van der Waals surface area contributed by atoms with E-state index in [2.05, 4.69) is 0 Å². The van der Waals surface area contributed by atoms with E-state index in [1.807, 2.05) is 0 Å². The number of benzene rings is 1. The molecular weight excluding hydrogens is 258 g/mol. The fourth-order valence-corrected chi connectivity index (χ4v) is 2.47. The predicted octanol–water partition coefficient (Wildman–Crippen LogP) is 3.43. The third kappa shape index (κ3) is 2.23. The molecular formula is C13H12F2O2S. The van der Waals surface area contributed by atoms with Gasteiger partial charge in [0.25, 0.3) is 0 Å². The van der Waals surface area contributed by atoms with E-state index < -0.39 is 17.7 Å². The molecule has 0 saturated heterocycles. The van der Waals surface area contributed by atoms with E-state index in [0.29, 0.717) is 10.6 Å². The molecule has 0 bridgehead atoms. The van der Waals surface area contributed by atoms with Gasteiger partial charge >= 0.3 is 0 Å². The molecule has 0 aliphatic carbocycles. The maximum atomic E-state index is 13.7. The molecule has 2 rings (SSSR count). The molecule has 2 nitrogen and oxygen atoms in total. The van der Waals surface area contributed by atoms with Crippen LogP contribution in [-0.2, 0) is 0 Å². The van der Waals surface area contributed by atoms with E-state index >= 15 is 0 Å². The first-order chi connectivity index (χ1) is 8.54. The summed E-state index contributed by atoms with van der Waals surface area (Å²) in [6.45, 7) is 1.47. The summed E-state index contributed by atoms with van der Waals surface area (Å²) in [6.07, 6.45) is -1.19. The first-order valence-corrected chi connectivity index (χ1v) is 6.17. The zero-order chi connectivity index (χ0) is 13.3. The van der Waals surface area contributed by atoms with Crippen molar-refractivity contribution in [3.63, 3.8) is 0 Å². The Morgan fingerprint density at radius 3 is 2.61 bits per heavy atom. The number of halogens is 2. The smallest absolute Gasteiger partial charge is 0.165 e. The minimum Gasteiger partial charge on any atom is -0.496 e. The molecule has 18 heavy (non-hydrogen) atoms. The van der Waals surface area contributed by atoms with Crippen molar-refractivity contribution >= 4 is 11.3 Å². The Kier molecular flexibility index (Phi) is 3.63. The average Bonchev–Trinajstić information content (AvgIpc) is 2.84. The van der Waals surface area contributed by atoms with Crippen LogP contribution in [0.15, 0.2) is 23.6 Å². The van der Waals surface area contributed by atoms with E-state index in [1.165, 1.54) is 37.5 Å². The fraction of sp³-hybridized carbons (Fsp3) is 0.231. The lowest BCUT2D eigenvalue weighted by molar-refractivity contribution is 0.216. The van der Waals surface area contributed by atoms with Crippen LogP contribution in [0.4, 0.5) is 8.78 Å². The molecule has 0 aliphatic heterocycles. The third-order valence-corrected chi connectivity index (χ3v) is 3.66. The van der Waals surface area contributed by atoms with Gasteiger partial charge in [0.05, 0.1) is 7.11 Å². The number of aliphatic hydroxyl groups excluding tert-OH is 1. The number of rotatable bonds is 3. The highest BCUT2D eigenvalue weighted by atomic mass is 32.1. The van der Waals surface area contributed by atoms with Crippen LogP contribution in [0.25, 0.3) is 0 Å². The van der Waals surface area contributed by atoms with Gasteiger partial charge < -0.3 is 9.84 Å². The minimum atomic E-state index is -1.19. The zero-order valence-electron chi connectivity index (χ0n) is 9.91. The average molecular weight is 270 g/mol. The normalized spacial score (nSPS) is 12.5. The summed E-state index contributed by atoms with van der Waals surface area (Å²) in [7, 11) is 1.50. The minimum absolute atomic E-state index is 0.0670. The van der Waals surface area contributed by atoms with Crippen LogP contribution >= 0.6 is 11.3 Å². The molecule has 0 saturated carbocycles. The van der Waals surface area contributed by atoms with Crippen LogP contribution in [-0.4, -0.2) is 12.2 Å². The number of aliphatic hydroxyl groups is 1. The molecule has 1 unspecified atom stereocenters. The summed E-state index contributed by atoms with van der Waals surface area (Å²) < 4.78 is 32.1. The van der Waals surface area contributed by atoms with Gasteiger partial charge in [0.1, 0.15) is 11.9 Å². The van der Waals surface area contributed by atoms with Gasteiger partial charge in [0.2, 0.25) is 0 Å². The van der Waals surface area contributed by atoms with Crippen molar-refractivity contribution in [2.24, 2.45) is 0 Å². The Hall–Kier alpha value is -1.46. The second-order valence-electron chi connectivity index (χ2n) is 3.89. The molecule has 0 fully saturated rings. The second kappa shape index (κ2) is 5.04. The van der Waals surface area contributed by atoms with Gasteiger partial charge in [-0.25, -0.2) is 8.78 Å². The molecule has 1 aromatic heterocycles. The summed E-state index contributed by atoms with van der Waals surface area (Å²) in [6, 6.07) is 4.44. The van der Waals surface area contributed by atoms with E-state index in [9.17, 15) is 13.9 Å². The van der Waals surface area contributed by atoms with E-state index in [0.717, 1.165) is 0 Å². The Labute approximate surface area is 107 Å². The number of methoxy groups -OCH3 is 1. The molecule has 0 radical (unpaired) electrons. The van der Waals surface area contributed by atoms with Gasteiger partial charge in [-0.1, -0.05) is 12.1 Å². The van der Waals surface area contributed by atoms with Crippen molar-refractivity contribution in [1.29, 1.82) is 0 Å². The highest BCUT2D eigenvalue weighted by Crippen LogP contribution is 2.33. The lowest BCUT2D eigenvalue weighted by Gasteiger charge is -2.11. The lowest BCUT2D eigenvalue weighted by atomic mass is 10.0. The van der Waals surface area contributed by atoms with Crippen LogP contribution in [0, 0.1) is 18.6 Å². The van der Waals surface area contributed by atoms with Gasteiger partial charge in [-0.3, -0.25) is 0 Å². The maximum absolute atomic E-state index is 13.7. The number of thiophene rings is 1. The maximum Gasteiger partial charge on any atom is 0.165 e. The highest BCUT2D eigenvalue weighted by molar-refractivity contribution is 7.10. The van der Waals surface area contributed by atoms with Crippen molar-refractivity contribution in [3.8, 4) is 5.75 Å². The molecule has 0 amide bonds. The molecule has 1 aromatic carbocycles. The van der Waals surface area contributed by atoms with Crippen molar-refractivity contribution in [2.45, 2.75) is 13.0 Å². The van der Waals surface area contributed by atoms with Crippen molar-refractivity contribution < 1.29 is 18.6 Å². The molecule has 5 heteroatoms. The van der Waals surface area contributed by atoms with Gasteiger partial charge in [-0.2, -0.15) is 0 Å². The zero-order valence-corrected chi connectivity index (χ0v) is 10.7. The third-order valence-electron chi connectivity index (χ3n) is 2.70. The Balaban J connectivity index is 2.39. The molecule has 1 N–H and O–H groups in total. The van der Waals surface area contributed by atoms with Crippen LogP contribution in [0.1, 0.15) is 22.1 Å². The van der Waals surface area contributed by atoms with Gasteiger partial charge in [-0.05, 0) is 18.6 Å². The predicted molar refractivity (Wildman–Crippen MR) is 66.0 cm³/mol. The van der Waals surface area contributed by atoms with Crippen molar-refractivity contribution in [3.05, 3.63) is 51.2 Å². The first kappa shape index (κ1) is 13.0. The van der Waals surface area contributed by atoms with Crippen LogP contribution in [0.3, 0.4) is 0 Å². The van der Waals surface area contributed by atoms with E-state index in [4.69, 9.17) is 4.74 Å². The highest BCUT2D eigenvalue weighted by Gasteiger charge is 2.20. The number of aryl methyl sites for hydroxylation is 1. The summed E-state index contributed by atoms with van der Waals surface area (Å²) in [5.74, 6) is -1.34. The summed E-state index contributed by atoms with van der Waals surface area (Å²) >= 11 is 1.23. The lowest BCUT2D eigenvalue weighted by Crippen LogP contribution is -2.03. The number of ether oxygens (including phenoxy) is 1. The van der Waals surface area contributed by atoms with E-state index in [1.54, 1.807) is 11.4 Å². The largest absolute Gasteiger partial charge is 0.496 e. The molecule has 1 heterocycles. The van der Waals surface area contributed by atoms with Crippen LogP contribution < -0.4 is 4.74 Å². The second-order valence-corrected chi connectivity index (χ2v) is 4.83. The van der Waals surface area contributed by atoms with Crippen LogP contribution in [0.2, 0.25) is 0 Å². The molecule has 0 aliphatic rings. The van der Waals surface area contributed by atoms with Crippen molar-refractivity contribution in [2.75, 3.05) is 7.11 Å². The Morgan fingerprint density at radius 1 is 1.28 bits per heavy atom. The Morgan fingerprint density at radius 2 is 2.00 bits per heavy atom. The molecule has 0 spiro atoms. The summed E-state index contributed by atoms with van der Waals surface area (Å²) in [4.78, 5) is 0.508. The van der Waals surface area contributed by atoms with Crippen molar-refractivity contribution in [1.82, 2.24) is 0 Å². The van der Waals surface area contributed by atoms with Gasteiger partial charge in [0.15, 0.2) is 11.6 Å². The number of hydrogen-bond acceptors (Lipinski definition) is 3. The quantitative estimate of drug-likeness (QED) is 0.926. The monoisotopic (exact) mass is 270 g/mol. The topological polar surface area (TPSA) is 29.5 Å². The molecule has 96 valence electrons. The number of hydrogen-bond donors (Lipinski definition) is 1. The summed E-state index contributed by atoms with van der Waals surface area (Å²) in [5, 5.41) is 11.7. The standard InChI is InChI=1S/C13H12F2O2S/c1-7-3-4-9(12(15)11(7)14)13(16)10-5-8(17-2)6-18-10/h3-6,13,16H,1-2H3. The molecule has 2 aromatic rings. The fourth-order valence-electron chi connectivity index (χ4n) is 1.61. The summed E-state index contributed by atoms with van der Waals surface area (Å²) in [5.41, 5.74) is 0.148. The van der Waals surface area contributed by atoms with Gasteiger partial charge in [-0.15, -0.1) is 11.3 Å². The van der Waals surface area contributed by atoms with E-state index in [-0.39, 0.29) is 11.1 Å². The van der Waals surface area contributed by atoms with Gasteiger partial charge in [0, 0.05) is 15.8 Å². The molecule has 1 atom stereocenters.